The Balaban J connectivity index is 0. The van der Waals surface area contributed by atoms with Gasteiger partial charge in [-0.25, -0.2) is 0 Å². The van der Waals surface area contributed by atoms with E-state index in [0.717, 1.165) is 0 Å². The average molecular weight is 334 g/mol. The van der Waals surface area contributed by atoms with E-state index in [1.807, 2.05) is 0 Å². The normalized spacial score (nSPS) is 0. The maximum Gasteiger partial charge on any atom is 3.00 e. The fourth-order valence-corrected chi connectivity index (χ4v) is 0. The van der Waals surface area contributed by atoms with Gasteiger partial charge in [-0.05, 0) is 21.9 Å². The van der Waals surface area contributed by atoms with Crippen molar-refractivity contribution in [2.45, 2.75) is 0 Å². The molecule has 0 fully saturated rings. The zero-order chi connectivity index (χ0) is 0. The molecule has 0 heterocycles. The topological polar surface area (TPSA) is 85.5 Å². The van der Waals surface area contributed by atoms with Crippen LogP contribution in [0, 0.1) is 0 Å². The van der Waals surface area contributed by atoms with Crippen LogP contribution in [0.2, 0.25) is 0 Å². The molecule has 0 amide bonds. The van der Waals surface area contributed by atoms with Crippen LogP contribution in [0.15, 0.2) is 0 Å². The molecular formula is H8Cr2Ni2O3Si2. The van der Waals surface area contributed by atoms with Gasteiger partial charge in [0.25, 0.3) is 0 Å². The van der Waals surface area contributed by atoms with Crippen LogP contribution in [0.4, 0.5) is 0 Å². The van der Waals surface area contributed by atoms with E-state index in [-0.39, 0.29) is 106 Å². The Bertz CT molecular complexity index is 17.8. The molecular weight excluding hydrogens is 326 g/mol. The standard InChI is InChI=1S/2Cr.2Ni.3O.2H4Si/h;;;;;;;2*1H4/q2*+3;;;3*-2;;. The molecule has 0 rings (SSSR count). The van der Waals surface area contributed by atoms with Gasteiger partial charge in [0, 0.05) is 33.0 Å². The molecule has 0 aromatic heterocycles. The van der Waals surface area contributed by atoms with Crippen molar-refractivity contribution in [3.63, 3.8) is 0 Å². The van der Waals surface area contributed by atoms with Gasteiger partial charge in [-0.1, -0.05) is 0 Å². The molecule has 0 aliphatic carbocycles. The molecule has 0 saturated carbocycles. The van der Waals surface area contributed by atoms with E-state index in [2.05, 4.69) is 0 Å². The van der Waals surface area contributed by atoms with Crippen molar-refractivity contribution in [1.29, 1.82) is 0 Å². The first kappa shape index (κ1) is 218. The van der Waals surface area contributed by atoms with E-state index in [0.29, 0.717) is 0 Å². The average Bonchev–Trinajstić information content (AvgIpc) is 0. The van der Waals surface area contributed by atoms with Crippen molar-refractivity contribution >= 4 is 21.9 Å². The second-order valence-corrected chi connectivity index (χ2v) is 0. The Kier molecular flexibility index (Phi) is 3940. The van der Waals surface area contributed by atoms with Crippen molar-refractivity contribution in [2.75, 3.05) is 0 Å². The molecule has 0 aliphatic heterocycles. The summed E-state index contributed by atoms with van der Waals surface area (Å²) < 4.78 is 0. The number of hydrogen-bond donors (Lipinski definition) is 0. The first-order chi connectivity index (χ1) is 0. The Morgan fingerprint density at radius 2 is 0.444 bits per heavy atom. The Labute approximate surface area is 105 Å². The van der Waals surface area contributed by atoms with Crippen LogP contribution in [0.3, 0.4) is 0 Å². The summed E-state index contributed by atoms with van der Waals surface area (Å²) in [4.78, 5) is 0. The van der Waals surface area contributed by atoms with E-state index in [9.17, 15) is 0 Å². The molecule has 0 atom stereocenters. The first-order valence-electron chi connectivity index (χ1n) is 0. The van der Waals surface area contributed by atoms with Crippen LogP contribution in [-0.2, 0) is 84.1 Å². The van der Waals surface area contributed by atoms with Crippen LogP contribution in [0.25, 0.3) is 0 Å². The minimum atomic E-state index is 0. The largest absolute Gasteiger partial charge is 3.00 e. The molecule has 66 valence electrons. The van der Waals surface area contributed by atoms with Gasteiger partial charge in [0.05, 0.1) is 0 Å². The second-order valence-electron chi connectivity index (χ2n) is 0. The molecule has 0 spiro atoms. The van der Waals surface area contributed by atoms with Crippen molar-refractivity contribution in [1.82, 2.24) is 0 Å². The van der Waals surface area contributed by atoms with E-state index in [4.69, 9.17) is 0 Å². The smallest absolute Gasteiger partial charge is 2.00 e. The van der Waals surface area contributed by atoms with Gasteiger partial charge in [0.15, 0.2) is 0 Å². The fraction of sp³-hybridized carbons (Fsp3) is 0. The molecule has 2 radical (unpaired) electrons. The quantitative estimate of drug-likeness (QED) is 0.417. The summed E-state index contributed by atoms with van der Waals surface area (Å²) in [6.45, 7) is 0. The molecule has 3 nitrogen and oxygen atoms in total. The third kappa shape index (κ3) is 130. The van der Waals surface area contributed by atoms with Gasteiger partial charge < -0.3 is 16.4 Å². The SMILES string of the molecule is [Cr+3].[Cr+3].[Ni].[Ni].[O-2].[O-2].[O-2].[SiH4].[SiH4]. The van der Waals surface area contributed by atoms with Crippen LogP contribution in [-0.4, -0.2) is 21.9 Å². The Morgan fingerprint density at radius 1 is 0.444 bits per heavy atom. The zero-order valence-electron chi connectivity index (χ0n) is 2.67. The summed E-state index contributed by atoms with van der Waals surface area (Å²) in [5, 5.41) is 0. The molecule has 9 heteroatoms. The summed E-state index contributed by atoms with van der Waals surface area (Å²) in [6.07, 6.45) is 0. The predicted molar refractivity (Wildman–Crippen MR) is 24.7 cm³/mol. The van der Waals surface area contributed by atoms with E-state index in [1.165, 1.54) is 0 Å². The molecule has 9 heavy (non-hydrogen) atoms. The van der Waals surface area contributed by atoms with Gasteiger partial charge in [-0.2, -0.15) is 0 Å². The minimum absolute atomic E-state index is 0. The second kappa shape index (κ2) is 162. The van der Waals surface area contributed by atoms with Gasteiger partial charge in [-0.15, -0.1) is 0 Å². The number of rotatable bonds is 0. The summed E-state index contributed by atoms with van der Waals surface area (Å²) in [6, 6.07) is 0. The predicted octanol–water partition coefficient (Wildman–Crippen LogP) is -3.27. The Hall–Kier alpha value is 2.37. The molecule has 0 saturated heterocycles. The molecule has 0 bridgehead atoms. The van der Waals surface area contributed by atoms with E-state index >= 15 is 0 Å². The minimum Gasteiger partial charge on any atom is -2.00 e. The molecule has 0 aromatic rings. The van der Waals surface area contributed by atoms with Crippen molar-refractivity contribution in [2.24, 2.45) is 0 Å². The van der Waals surface area contributed by atoms with E-state index < -0.39 is 0 Å². The fourth-order valence-electron chi connectivity index (χ4n) is 0. The van der Waals surface area contributed by atoms with Crippen LogP contribution < -0.4 is 0 Å². The third-order valence-corrected chi connectivity index (χ3v) is 0. The Morgan fingerprint density at radius 3 is 0.444 bits per heavy atom. The van der Waals surface area contributed by atoms with Gasteiger partial charge in [0.2, 0.25) is 0 Å². The molecule has 0 aromatic carbocycles. The van der Waals surface area contributed by atoms with Gasteiger partial charge >= 0.3 is 34.7 Å². The van der Waals surface area contributed by atoms with Crippen LogP contribution in [0.1, 0.15) is 0 Å². The monoisotopic (exact) mass is 332 g/mol. The molecule has 0 N–H and O–H groups in total. The summed E-state index contributed by atoms with van der Waals surface area (Å²) in [5.41, 5.74) is 0. The van der Waals surface area contributed by atoms with Gasteiger partial charge in [0.1, 0.15) is 0 Å². The van der Waals surface area contributed by atoms with Gasteiger partial charge in [-0.3, -0.25) is 0 Å². The summed E-state index contributed by atoms with van der Waals surface area (Å²) in [7, 11) is 0. The van der Waals surface area contributed by atoms with Crippen LogP contribution in [0.5, 0.6) is 0 Å². The summed E-state index contributed by atoms with van der Waals surface area (Å²) >= 11 is 0. The molecule has 0 aliphatic rings. The van der Waals surface area contributed by atoms with Crippen molar-refractivity contribution in [3.05, 3.63) is 0 Å². The van der Waals surface area contributed by atoms with Crippen LogP contribution >= 0.6 is 0 Å². The zero-order valence-corrected chi connectivity index (χ0v) is 7.20. The summed E-state index contributed by atoms with van der Waals surface area (Å²) in [5.74, 6) is 0. The first-order valence-corrected chi connectivity index (χ1v) is 0. The maximum atomic E-state index is 0. The third-order valence-electron chi connectivity index (χ3n) is 0. The van der Waals surface area contributed by atoms with Crippen molar-refractivity contribution < 1.29 is 84.1 Å². The number of hydrogen-bond acceptors (Lipinski definition) is 0. The molecule has 0 unspecified atom stereocenters. The van der Waals surface area contributed by atoms with Crippen molar-refractivity contribution in [3.8, 4) is 0 Å². The van der Waals surface area contributed by atoms with E-state index in [1.54, 1.807) is 0 Å². The maximum absolute atomic E-state index is 0.